The first-order valence-corrected chi connectivity index (χ1v) is 7.47. The van der Waals surface area contributed by atoms with Crippen molar-refractivity contribution in [3.8, 4) is 0 Å². The van der Waals surface area contributed by atoms with Gasteiger partial charge >= 0.3 is 0 Å². The molecule has 0 bridgehead atoms. The molecule has 1 saturated carbocycles. The first-order valence-electron chi connectivity index (χ1n) is 7.04. The first kappa shape index (κ1) is 13.4. The molecule has 1 unspecified atom stereocenters. The SMILES string of the molecule is CC(Cl)c1nc2ccccc2n1CCC(=O)NC1CC1. The van der Waals surface area contributed by atoms with Crippen molar-refractivity contribution in [2.45, 2.75) is 44.1 Å². The molecule has 1 heterocycles. The van der Waals surface area contributed by atoms with Crippen LogP contribution in [0, 0.1) is 0 Å². The summed E-state index contributed by atoms with van der Waals surface area (Å²) in [5.74, 6) is 0.936. The maximum Gasteiger partial charge on any atom is 0.222 e. The van der Waals surface area contributed by atoms with Gasteiger partial charge in [-0.1, -0.05) is 12.1 Å². The van der Waals surface area contributed by atoms with Gasteiger partial charge in [0.05, 0.1) is 16.4 Å². The summed E-state index contributed by atoms with van der Waals surface area (Å²) in [6.07, 6.45) is 2.70. The van der Waals surface area contributed by atoms with Crippen LogP contribution in [0.25, 0.3) is 11.0 Å². The van der Waals surface area contributed by atoms with Crippen LogP contribution in [0.4, 0.5) is 0 Å². The number of para-hydroxylation sites is 2. The Kier molecular flexibility index (Phi) is 3.66. The van der Waals surface area contributed by atoms with E-state index in [0.717, 1.165) is 29.7 Å². The summed E-state index contributed by atoms with van der Waals surface area (Å²) in [6, 6.07) is 8.34. The summed E-state index contributed by atoms with van der Waals surface area (Å²) in [5, 5.41) is 2.84. The highest BCUT2D eigenvalue weighted by Gasteiger charge is 2.23. The molecule has 4 nitrogen and oxygen atoms in total. The van der Waals surface area contributed by atoms with Crippen LogP contribution in [-0.2, 0) is 11.3 Å². The van der Waals surface area contributed by atoms with Gasteiger partial charge in [-0.2, -0.15) is 0 Å². The number of nitrogens with zero attached hydrogens (tertiary/aromatic N) is 2. The number of nitrogens with one attached hydrogen (secondary N) is 1. The van der Waals surface area contributed by atoms with Gasteiger partial charge in [0, 0.05) is 19.0 Å². The second-order valence-corrected chi connectivity index (χ2v) is 5.97. The van der Waals surface area contributed by atoms with E-state index in [1.54, 1.807) is 0 Å². The van der Waals surface area contributed by atoms with Crippen molar-refractivity contribution in [1.82, 2.24) is 14.9 Å². The Hall–Kier alpha value is -1.55. The van der Waals surface area contributed by atoms with Gasteiger partial charge in [0.2, 0.25) is 5.91 Å². The molecule has 0 saturated heterocycles. The molecule has 0 radical (unpaired) electrons. The van der Waals surface area contributed by atoms with Crippen LogP contribution in [0.15, 0.2) is 24.3 Å². The van der Waals surface area contributed by atoms with Crippen LogP contribution < -0.4 is 5.32 Å². The molecule has 2 aromatic rings. The molecule has 1 N–H and O–H groups in total. The summed E-state index contributed by atoms with van der Waals surface area (Å²) in [6.45, 7) is 2.52. The Labute approximate surface area is 123 Å². The summed E-state index contributed by atoms with van der Waals surface area (Å²) < 4.78 is 2.06. The topological polar surface area (TPSA) is 46.9 Å². The average molecular weight is 292 g/mol. The van der Waals surface area contributed by atoms with Crippen LogP contribution in [0.3, 0.4) is 0 Å². The molecule has 1 aliphatic carbocycles. The van der Waals surface area contributed by atoms with E-state index >= 15 is 0 Å². The van der Waals surface area contributed by atoms with Crippen molar-refractivity contribution in [3.63, 3.8) is 0 Å². The molecule has 0 spiro atoms. The lowest BCUT2D eigenvalue weighted by Gasteiger charge is -2.10. The minimum absolute atomic E-state index is 0.110. The van der Waals surface area contributed by atoms with E-state index in [-0.39, 0.29) is 11.3 Å². The highest BCUT2D eigenvalue weighted by Crippen LogP contribution is 2.25. The van der Waals surface area contributed by atoms with Gasteiger partial charge in [0.15, 0.2) is 0 Å². The summed E-state index contributed by atoms with van der Waals surface area (Å²) in [5.41, 5.74) is 1.96. The summed E-state index contributed by atoms with van der Waals surface area (Å²) >= 11 is 6.21. The fraction of sp³-hybridized carbons (Fsp3) is 0.467. The normalized spacial score (nSPS) is 16.3. The number of imidazole rings is 1. The molecular weight excluding hydrogens is 274 g/mol. The van der Waals surface area contributed by atoms with Crippen molar-refractivity contribution in [2.75, 3.05) is 0 Å². The summed E-state index contributed by atoms with van der Waals surface area (Å²) in [7, 11) is 0. The quantitative estimate of drug-likeness (QED) is 0.861. The van der Waals surface area contributed by atoms with Gasteiger partial charge < -0.3 is 9.88 Å². The maximum absolute atomic E-state index is 11.8. The largest absolute Gasteiger partial charge is 0.353 e. The average Bonchev–Trinajstić information content (AvgIpc) is 3.15. The predicted octanol–water partition coefficient (Wildman–Crippen LogP) is 3.00. The van der Waals surface area contributed by atoms with Crippen LogP contribution in [0.1, 0.15) is 37.4 Å². The van der Waals surface area contributed by atoms with Gasteiger partial charge in [-0.15, -0.1) is 11.6 Å². The molecule has 3 rings (SSSR count). The van der Waals surface area contributed by atoms with Crippen LogP contribution in [-0.4, -0.2) is 21.5 Å². The van der Waals surface area contributed by atoms with Crippen molar-refractivity contribution < 1.29 is 4.79 Å². The number of benzene rings is 1. The lowest BCUT2D eigenvalue weighted by atomic mass is 10.3. The number of amides is 1. The number of aryl methyl sites for hydroxylation is 1. The van der Waals surface area contributed by atoms with Crippen molar-refractivity contribution in [2.24, 2.45) is 0 Å². The molecule has 0 aliphatic heterocycles. The minimum atomic E-state index is -0.172. The lowest BCUT2D eigenvalue weighted by molar-refractivity contribution is -0.121. The molecule has 1 atom stereocenters. The fourth-order valence-electron chi connectivity index (χ4n) is 2.37. The third-order valence-corrected chi connectivity index (χ3v) is 3.74. The molecule has 1 fully saturated rings. The Bertz CT molecular complexity index is 631. The summed E-state index contributed by atoms with van der Waals surface area (Å²) in [4.78, 5) is 16.4. The number of fused-ring (bicyclic) bond motifs is 1. The fourth-order valence-corrected chi connectivity index (χ4v) is 2.54. The molecule has 20 heavy (non-hydrogen) atoms. The Morgan fingerprint density at radius 3 is 2.95 bits per heavy atom. The van der Waals surface area contributed by atoms with E-state index in [2.05, 4.69) is 14.9 Å². The van der Waals surface area contributed by atoms with E-state index in [9.17, 15) is 4.79 Å². The number of alkyl halides is 1. The minimum Gasteiger partial charge on any atom is -0.353 e. The third kappa shape index (κ3) is 2.80. The standard InChI is InChI=1S/C15H18ClN3O/c1-10(16)15-18-12-4-2-3-5-13(12)19(15)9-8-14(20)17-11-6-7-11/h2-5,10-11H,6-9H2,1H3,(H,17,20). The van der Waals surface area contributed by atoms with Gasteiger partial charge in [-0.25, -0.2) is 4.98 Å². The number of halogens is 1. The number of hydrogen-bond acceptors (Lipinski definition) is 2. The Balaban J connectivity index is 1.80. The van der Waals surface area contributed by atoms with Crippen LogP contribution in [0.2, 0.25) is 0 Å². The molecule has 1 aliphatic rings. The number of aromatic nitrogens is 2. The van der Waals surface area contributed by atoms with Gasteiger partial charge in [-0.3, -0.25) is 4.79 Å². The van der Waals surface area contributed by atoms with Crippen molar-refractivity contribution in [1.29, 1.82) is 0 Å². The highest BCUT2D eigenvalue weighted by atomic mass is 35.5. The molecular formula is C15H18ClN3O. The Morgan fingerprint density at radius 2 is 2.25 bits per heavy atom. The second kappa shape index (κ2) is 5.44. The van der Waals surface area contributed by atoms with E-state index in [4.69, 9.17) is 11.6 Å². The maximum atomic E-state index is 11.8. The van der Waals surface area contributed by atoms with Crippen LogP contribution in [0.5, 0.6) is 0 Å². The Morgan fingerprint density at radius 1 is 1.50 bits per heavy atom. The molecule has 5 heteroatoms. The van der Waals surface area contributed by atoms with E-state index in [1.165, 1.54) is 0 Å². The van der Waals surface area contributed by atoms with E-state index in [1.807, 2.05) is 31.2 Å². The van der Waals surface area contributed by atoms with E-state index < -0.39 is 0 Å². The zero-order chi connectivity index (χ0) is 14.1. The lowest BCUT2D eigenvalue weighted by Crippen LogP contribution is -2.26. The predicted molar refractivity (Wildman–Crippen MR) is 79.8 cm³/mol. The second-order valence-electron chi connectivity index (χ2n) is 5.32. The first-order chi connectivity index (χ1) is 9.65. The molecule has 106 valence electrons. The number of carbonyl (C=O) groups excluding carboxylic acids is 1. The third-order valence-electron chi connectivity index (χ3n) is 3.54. The smallest absolute Gasteiger partial charge is 0.222 e. The van der Waals surface area contributed by atoms with Crippen molar-refractivity contribution in [3.05, 3.63) is 30.1 Å². The van der Waals surface area contributed by atoms with Crippen LogP contribution >= 0.6 is 11.6 Å². The molecule has 1 amide bonds. The highest BCUT2D eigenvalue weighted by molar-refractivity contribution is 6.20. The van der Waals surface area contributed by atoms with Gasteiger partial charge in [-0.05, 0) is 31.9 Å². The zero-order valence-corrected chi connectivity index (χ0v) is 12.2. The van der Waals surface area contributed by atoms with E-state index in [0.29, 0.717) is 19.0 Å². The van der Waals surface area contributed by atoms with Gasteiger partial charge in [0.1, 0.15) is 5.82 Å². The van der Waals surface area contributed by atoms with Crippen molar-refractivity contribution >= 4 is 28.5 Å². The number of carbonyl (C=O) groups is 1. The zero-order valence-electron chi connectivity index (χ0n) is 11.5. The number of hydrogen-bond donors (Lipinski definition) is 1. The molecule has 1 aromatic heterocycles. The number of rotatable bonds is 5. The monoisotopic (exact) mass is 291 g/mol. The molecule has 1 aromatic carbocycles. The van der Waals surface area contributed by atoms with Gasteiger partial charge in [0.25, 0.3) is 0 Å².